The van der Waals surface area contributed by atoms with Crippen LogP contribution >= 0.6 is 0 Å². The predicted molar refractivity (Wildman–Crippen MR) is 39.0 cm³/mol. The van der Waals surface area contributed by atoms with Crippen molar-refractivity contribution < 1.29 is 5.11 Å². The van der Waals surface area contributed by atoms with E-state index >= 15 is 0 Å². The molecule has 0 aromatic rings. The first-order valence-electron chi connectivity index (χ1n) is 3.41. The van der Waals surface area contributed by atoms with Gasteiger partial charge in [-0.15, -0.1) is 5.92 Å². The van der Waals surface area contributed by atoms with Crippen molar-refractivity contribution in [1.29, 1.82) is 0 Å². The minimum absolute atomic E-state index is 0.394. The van der Waals surface area contributed by atoms with Gasteiger partial charge in [-0.2, -0.15) is 0 Å². The molecule has 0 spiro atoms. The van der Waals surface area contributed by atoms with Crippen LogP contribution in [0.25, 0.3) is 0 Å². The number of aliphatic hydroxyl groups is 1. The van der Waals surface area contributed by atoms with Gasteiger partial charge in [-0.3, -0.25) is 0 Å². The third-order valence-corrected chi connectivity index (χ3v) is 1.14. The Hall–Kier alpha value is -0.480. The summed E-state index contributed by atoms with van der Waals surface area (Å²) in [7, 11) is 0. The van der Waals surface area contributed by atoms with E-state index in [1.54, 1.807) is 6.92 Å². The van der Waals surface area contributed by atoms with Crippen LogP contribution in [0.1, 0.15) is 33.1 Å². The lowest BCUT2D eigenvalue weighted by Crippen LogP contribution is -2.01. The van der Waals surface area contributed by atoms with Crippen LogP contribution in [0.5, 0.6) is 0 Å². The monoisotopic (exact) mass is 126 g/mol. The summed E-state index contributed by atoms with van der Waals surface area (Å²) in [5.74, 6) is 5.36. The summed E-state index contributed by atoms with van der Waals surface area (Å²) in [6.07, 6.45) is 2.62. The molecule has 0 aliphatic heterocycles. The minimum Gasteiger partial charge on any atom is -0.380 e. The Labute approximate surface area is 57.1 Å². The van der Waals surface area contributed by atoms with Crippen LogP contribution in [-0.2, 0) is 0 Å². The van der Waals surface area contributed by atoms with Gasteiger partial charge in [-0.1, -0.05) is 25.7 Å². The van der Waals surface area contributed by atoms with E-state index < -0.39 is 6.10 Å². The standard InChI is InChI=1S/C8H14O/c1-3-5-7-8(9)6-4-2/h8-9H,3,5,7H2,1-2H3/t8-/m0/s1. The second-order valence-corrected chi connectivity index (χ2v) is 2.05. The smallest absolute Gasteiger partial charge is 0.114 e. The fraction of sp³-hybridized carbons (Fsp3) is 0.750. The van der Waals surface area contributed by atoms with Crippen LogP contribution in [0.3, 0.4) is 0 Å². The van der Waals surface area contributed by atoms with E-state index in [2.05, 4.69) is 18.8 Å². The number of hydrogen-bond acceptors (Lipinski definition) is 1. The first kappa shape index (κ1) is 8.52. The van der Waals surface area contributed by atoms with Gasteiger partial charge in [0.1, 0.15) is 6.10 Å². The van der Waals surface area contributed by atoms with Gasteiger partial charge < -0.3 is 5.11 Å². The largest absolute Gasteiger partial charge is 0.380 e. The molecule has 0 aromatic carbocycles. The lowest BCUT2D eigenvalue weighted by atomic mass is 10.2. The zero-order chi connectivity index (χ0) is 7.11. The minimum atomic E-state index is -0.394. The highest BCUT2D eigenvalue weighted by molar-refractivity contribution is 5.01. The van der Waals surface area contributed by atoms with E-state index in [1.807, 2.05) is 0 Å². The van der Waals surface area contributed by atoms with E-state index in [9.17, 15) is 0 Å². The molecule has 0 aromatic heterocycles. The zero-order valence-electron chi connectivity index (χ0n) is 6.15. The molecule has 52 valence electrons. The zero-order valence-corrected chi connectivity index (χ0v) is 6.15. The van der Waals surface area contributed by atoms with Crippen LogP contribution in [0.2, 0.25) is 0 Å². The van der Waals surface area contributed by atoms with E-state index in [4.69, 9.17) is 5.11 Å². The lowest BCUT2D eigenvalue weighted by Gasteiger charge is -1.98. The summed E-state index contributed by atoms with van der Waals surface area (Å²) in [6.45, 7) is 3.85. The lowest BCUT2D eigenvalue weighted by molar-refractivity contribution is 0.218. The van der Waals surface area contributed by atoms with E-state index in [-0.39, 0.29) is 0 Å². The van der Waals surface area contributed by atoms with Gasteiger partial charge >= 0.3 is 0 Å². The Kier molecular flexibility index (Phi) is 5.35. The molecule has 1 atom stereocenters. The quantitative estimate of drug-likeness (QED) is 0.569. The Morgan fingerprint density at radius 1 is 1.56 bits per heavy atom. The molecular weight excluding hydrogens is 112 g/mol. The van der Waals surface area contributed by atoms with Crippen LogP contribution < -0.4 is 0 Å². The number of hydrogen-bond donors (Lipinski definition) is 1. The number of unbranched alkanes of at least 4 members (excludes halogenated alkanes) is 1. The second-order valence-electron chi connectivity index (χ2n) is 2.05. The molecule has 0 unspecified atom stereocenters. The van der Waals surface area contributed by atoms with Crippen molar-refractivity contribution in [2.24, 2.45) is 0 Å². The van der Waals surface area contributed by atoms with Crippen molar-refractivity contribution in [2.75, 3.05) is 0 Å². The SMILES string of the molecule is CC#C[C@H](O)CCCC. The maximum Gasteiger partial charge on any atom is 0.114 e. The molecular formula is C8H14O. The summed E-state index contributed by atoms with van der Waals surface area (Å²) in [4.78, 5) is 0. The third-order valence-electron chi connectivity index (χ3n) is 1.14. The number of rotatable bonds is 3. The van der Waals surface area contributed by atoms with E-state index in [0.29, 0.717) is 0 Å². The van der Waals surface area contributed by atoms with Gasteiger partial charge in [0.2, 0.25) is 0 Å². The summed E-state index contributed by atoms with van der Waals surface area (Å²) >= 11 is 0. The first-order chi connectivity index (χ1) is 4.31. The molecule has 0 amide bonds. The van der Waals surface area contributed by atoms with Crippen LogP contribution in [-0.4, -0.2) is 11.2 Å². The van der Waals surface area contributed by atoms with Gasteiger partial charge in [0.15, 0.2) is 0 Å². The molecule has 0 heterocycles. The van der Waals surface area contributed by atoms with E-state index in [0.717, 1.165) is 19.3 Å². The predicted octanol–water partition coefficient (Wildman–Crippen LogP) is 1.56. The average molecular weight is 126 g/mol. The Morgan fingerprint density at radius 2 is 2.22 bits per heavy atom. The molecule has 1 heteroatoms. The van der Waals surface area contributed by atoms with Gasteiger partial charge in [0.25, 0.3) is 0 Å². The van der Waals surface area contributed by atoms with Crippen LogP contribution in [0, 0.1) is 11.8 Å². The molecule has 0 bridgehead atoms. The van der Waals surface area contributed by atoms with Gasteiger partial charge in [-0.05, 0) is 13.3 Å². The van der Waals surface area contributed by atoms with Crippen molar-refractivity contribution in [3.05, 3.63) is 0 Å². The fourth-order valence-electron chi connectivity index (χ4n) is 0.636. The van der Waals surface area contributed by atoms with Crippen molar-refractivity contribution in [3.8, 4) is 11.8 Å². The Balaban J connectivity index is 3.23. The van der Waals surface area contributed by atoms with Crippen molar-refractivity contribution in [2.45, 2.75) is 39.2 Å². The molecule has 0 fully saturated rings. The normalized spacial score (nSPS) is 11.9. The topological polar surface area (TPSA) is 20.2 Å². The maximum atomic E-state index is 9.01. The molecule has 0 rings (SSSR count). The molecule has 0 saturated carbocycles. The highest BCUT2D eigenvalue weighted by Crippen LogP contribution is 1.97. The molecule has 1 nitrogen and oxygen atoms in total. The van der Waals surface area contributed by atoms with Crippen LogP contribution in [0.15, 0.2) is 0 Å². The van der Waals surface area contributed by atoms with Gasteiger partial charge in [0.05, 0.1) is 0 Å². The summed E-state index contributed by atoms with van der Waals surface area (Å²) in [5, 5.41) is 9.01. The Morgan fingerprint density at radius 3 is 2.67 bits per heavy atom. The number of aliphatic hydroxyl groups excluding tert-OH is 1. The summed E-state index contributed by atoms with van der Waals surface area (Å²) in [5.41, 5.74) is 0. The van der Waals surface area contributed by atoms with E-state index in [1.165, 1.54) is 0 Å². The van der Waals surface area contributed by atoms with Crippen molar-refractivity contribution in [1.82, 2.24) is 0 Å². The van der Waals surface area contributed by atoms with Crippen molar-refractivity contribution >= 4 is 0 Å². The molecule has 9 heavy (non-hydrogen) atoms. The van der Waals surface area contributed by atoms with Crippen molar-refractivity contribution in [3.63, 3.8) is 0 Å². The fourth-order valence-corrected chi connectivity index (χ4v) is 0.636. The average Bonchev–Trinajstić information content (AvgIpc) is 1.85. The summed E-state index contributed by atoms with van der Waals surface area (Å²) in [6, 6.07) is 0. The Bertz CT molecular complexity index is 107. The molecule has 0 aliphatic rings. The highest BCUT2D eigenvalue weighted by atomic mass is 16.3. The molecule has 0 saturated heterocycles. The molecule has 1 N–H and O–H groups in total. The summed E-state index contributed by atoms with van der Waals surface area (Å²) < 4.78 is 0. The third kappa shape index (κ3) is 5.39. The first-order valence-corrected chi connectivity index (χ1v) is 3.41. The maximum absolute atomic E-state index is 9.01. The second kappa shape index (κ2) is 5.65. The van der Waals surface area contributed by atoms with Gasteiger partial charge in [0, 0.05) is 0 Å². The molecule has 0 radical (unpaired) electrons. The molecule has 0 aliphatic carbocycles. The van der Waals surface area contributed by atoms with Gasteiger partial charge in [-0.25, -0.2) is 0 Å². The highest BCUT2D eigenvalue weighted by Gasteiger charge is 1.94. The van der Waals surface area contributed by atoms with Crippen LogP contribution in [0.4, 0.5) is 0 Å².